The molecule has 0 aromatic heterocycles. The third-order valence-corrected chi connectivity index (χ3v) is 11.8. The second kappa shape index (κ2) is 23.6. The molecule has 3 aliphatic rings. The first-order chi connectivity index (χ1) is 33.5. The zero-order valence-electron chi connectivity index (χ0n) is 37.4. The number of fused-ring (bicyclic) bond motifs is 3. The van der Waals surface area contributed by atoms with Crippen molar-refractivity contribution in [2.75, 3.05) is 13.2 Å². The second-order valence-electron chi connectivity index (χ2n) is 16.6. The van der Waals surface area contributed by atoms with Gasteiger partial charge in [-0.15, -0.1) is 0 Å². The summed E-state index contributed by atoms with van der Waals surface area (Å²) >= 11 is 0. The zero-order chi connectivity index (χ0) is 46.3. The highest BCUT2D eigenvalue weighted by Gasteiger charge is 2.57. The molecule has 2 bridgehead atoms. The van der Waals surface area contributed by atoms with Crippen LogP contribution in [0.15, 0.2) is 182 Å². The Labute approximate surface area is 395 Å². The monoisotopic (exact) mass is 922 g/mol. The van der Waals surface area contributed by atoms with E-state index in [1.165, 1.54) is 0 Å². The molecule has 0 N–H and O–H groups in total. The average Bonchev–Trinajstić information content (AvgIpc) is 3.39. The molecule has 6 aromatic carbocycles. The first kappa shape index (κ1) is 46.8. The Kier molecular flexibility index (Phi) is 16.3. The lowest BCUT2D eigenvalue weighted by molar-refractivity contribution is -0.374. The number of hydrogen-bond acceptors (Lipinski definition) is 13. The Morgan fingerprint density at radius 1 is 0.471 bits per heavy atom. The van der Waals surface area contributed by atoms with Crippen molar-refractivity contribution in [2.24, 2.45) is 0 Å². The van der Waals surface area contributed by atoms with Gasteiger partial charge in [0.25, 0.3) is 0 Å². The molecule has 6 aromatic rings. The third-order valence-electron chi connectivity index (χ3n) is 11.8. The van der Waals surface area contributed by atoms with Gasteiger partial charge in [-0.05, 0) is 39.9 Å². The van der Waals surface area contributed by atoms with Crippen LogP contribution in [0.5, 0.6) is 0 Å². The van der Waals surface area contributed by atoms with E-state index in [1.807, 2.05) is 152 Å². The van der Waals surface area contributed by atoms with Gasteiger partial charge in [-0.25, -0.2) is 9.59 Å². The number of carbonyl (C=O) groups is 2. The third kappa shape index (κ3) is 12.4. The van der Waals surface area contributed by atoms with E-state index >= 15 is 0 Å². The summed E-state index contributed by atoms with van der Waals surface area (Å²) in [5, 5.41) is 0. The van der Waals surface area contributed by atoms with Crippen molar-refractivity contribution >= 4 is 12.1 Å². The molecule has 0 aliphatic carbocycles. The molecule has 3 fully saturated rings. The molecule has 3 saturated heterocycles. The fraction of sp³-hybridized carbons (Fsp3) is 0.309. The van der Waals surface area contributed by atoms with Crippen LogP contribution < -0.4 is 0 Å². The van der Waals surface area contributed by atoms with E-state index in [0.717, 1.165) is 27.8 Å². The number of rotatable bonds is 18. The summed E-state index contributed by atoms with van der Waals surface area (Å²) in [6.45, 7) is 0.449. The van der Waals surface area contributed by atoms with Crippen LogP contribution in [0, 0.1) is 0 Å². The summed E-state index contributed by atoms with van der Waals surface area (Å²) < 4.78 is 72.4. The van der Waals surface area contributed by atoms with Gasteiger partial charge >= 0.3 is 12.1 Å². The van der Waals surface area contributed by atoms with Gasteiger partial charge in [0.15, 0.2) is 24.8 Å². The maximum Gasteiger partial charge on any atom is 0.508 e. The number of hydrogen-bond donors (Lipinski definition) is 0. The fourth-order valence-corrected chi connectivity index (χ4v) is 8.40. The number of cyclic esters (lactones) is 1. The van der Waals surface area contributed by atoms with E-state index in [2.05, 4.69) is 0 Å². The van der Waals surface area contributed by atoms with Gasteiger partial charge in [0.05, 0.1) is 45.2 Å². The highest BCUT2D eigenvalue weighted by atomic mass is 16.8. The first-order valence-corrected chi connectivity index (χ1v) is 22.8. The van der Waals surface area contributed by atoms with Crippen LogP contribution in [0.2, 0.25) is 0 Å². The van der Waals surface area contributed by atoms with Gasteiger partial charge in [0.1, 0.15) is 43.2 Å². The smallest absolute Gasteiger partial charge is 0.449 e. The normalized spacial score (nSPS) is 25.8. The van der Waals surface area contributed by atoms with Crippen LogP contribution in [-0.4, -0.2) is 86.8 Å². The van der Waals surface area contributed by atoms with E-state index in [-0.39, 0.29) is 51.8 Å². The van der Waals surface area contributed by atoms with Crippen molar-refractivity contribution in [3.8, 4) is 0 Å². The van der Waals surface area contributed by atoms with Gasteiger partial charge in [-0.1, -0.05) is 170 Å². The molecule has 352 valence electrons. The molecule has 0 saturated carbocycles. The Hall–Kier alpha value is -6.26. The molecular weight excluding hydrogens is 869 g/mol. The lowest BCUT2D eigenvalue weighted by atomic mass is 9.95. The molecule has 0 unspecified atom stereocenters. The van der Waals surface area contributed by atoms with Crippen molar-refractivity contribution in [2.45, 2.75) is 94.4 Å². The minimum Gasteiger partial charge on any atom is -0.449 e. The minimum absolute atomic E-state index is 0.0680. The summed E-state index contributed by atoms with van der Waals surface area (Å²) in [7, 11) is 0. The van der Waals surface area contributed by atoms with Crippen LogP contribution in [0.4, 0.5) is 4.79 Å². The lowest BCUT2D eigenvalue weighted by Crippen LogP contribution is -2.67. The SMILES string of the molecule is O=C1OC[C@H]2O[C@H](O[C@H]3[C@H](O1)[C@@H](OC(=O)c1ccccc1)[C@@H](OCc1ccccc1)O[C@@H]3COCc1ccccc1)[C@@H](OCc1ccccc1)[C@@H](OCc1ccccc1)[C@@H]2OCc1ccccc1. The van der Waals surface area contributed by atoms with Crippen molar-refractivity contribution in [3.63, 3.8) is 0 Å². The standard InChI is InChI=1S/C55H54O13/c56-52(43-29-17-6-18-30-43)66-51-49-47(44(36-58-31-38-19-7-1-8-20-38)64-53(51)62-35-42-27-15-5-16-28-42)67-54-50(61-34-41-25-13-4-14-26-41)48(60-33-40-23-11-3-12-24-40)46(45(65-54)37-63-55(57)68-49)59-32-39-21-9-2-10-22-39/h1-30,44-51,53-54H,31-37H2/t44-,45-,46-,47-,48+,49+,50+,51-,53+,54-/m1/s1. The van der Waals surface area contributed by atoms with E-state index in [1.54, 1.807) is 30.3 Å². The van der Waals surface area contributed by atoms with Gasteiger partial charge in [0, 0.05) is 0 Å². The van der Waals surface area contributed by atoms with E-state index in [4.69, 9.17) is 52.1 Å². The molecular formula is C55H54O13. The molecule has 0 spiro atoms. The maximum absolute atomic E-state index is 14.1. The molecule has 9 rings (SSSR count). The zero-order valence-corrected chi connectivity index (χ0v) is 37.4. The summed E-state index contributed by atoms with van der Waals surface area (Å²) in [4.78, 5) is 28.1. The van der Waals surface area contributed by atoms with Crippen LogP contribution in [0.1, 0.15) is 38.2 Å². The summed E-state index contributed by atoms with van der Waals surface area (Å²) in [5.74, 6) is -0.704. The maximum atomic E-state index is 14.1. The number of esters is 1. The average molecular weight is 923 g/mol. The van der Waals surface area contributed by atoms with Crippen LogP contribution in [0.3, 0.4) is 0 Å². The molecule has 3 aliphatic heterocycles. The van der Waals surface area contributed by atoms with E-state index in [0.29, 0.717) is 0 Å². The minimum atomic E-state index is -1.39. The lowest BCUT2D eigenvalue weighted by Gasteiger charge is -2.50. The molecule has 13 heteroatoms. The fourth-order valence-electron chi connectivity index (χ4n) is 8.40. The number of benzene rings is 6. The highest BCUT2D eigenvalue weighted by Crippen LogP contribution is 2.37. The molecule has 68 heavy (non-hydrogen) atoms. The Bertz CT molecular complexity index is 2430. The summed E-state index contributed by atoms with van der Waals surface area (Å²) in [6, 6.07) is 56.8. The molecule has 13 nitrogen and oxygen atoms in total. The van der Waals surface area contributed by atoms with Gasteiger partial charge in [-0.2, -0.15) is 0 Å². The van der Waals surface area contributed by atoms with Crippen LogP contribution >= 0.6 is 0 Å². The Morgan fingerprint density at radius 2 is 0.926 bits per heavy atom. The van der Waals surface area contributed by atoms with Gasteiger partial charge in [-0.3, -0.25) is 0 Å². The van der Waals surface area contributed by atoms with Gasteiger partial charge in [0.2, 0.25) is 0 Å². The number of ether oxygens (including phenoxy) is 11. The van der Waals surface area contributed by atoms with Crippen molar-refractivity contribution < 1.29 is 61.7 Å². The van der Waals surface area contributed by atoms with Crippen LogP contribution in [-0.2, 0) is 85.1 Å². The Morgan fingerprint density at radius 3 is 1.46 bits per heavy atom. The van der Waals surface area contributed by atoms with E-state index < -0.39 is 73.5 Å². The van der Waals surface area contributed by atoms with E-state index in [9.17, 15) is 9.59 Å². The largest absolute Gasteiger partial charge is 0.508 e. The van der Waals surface area contributed by atoms with Crippen LogP contribution in [0.25, 0.3) is 0 Å². The molecule has 0 radical (unpaired) electrons. The predicted octanol–water partition coefficient (Wildman–Crippen LogP) is 8.77. The molecule has 10 atom stereocenters. The first-order valence-electron chi connectivity index (χ1n) is 22.8. The molecule has 0 amide bonds. The topological polar surface area (TPSA) is 136 Å². The van der Waals surface area contributed by atoms with Crippen molar-refractivity contribution in [3.05, 3.63) is 215 Å². The summed E-state index contributed by atoms with van der Waals surface area (Å²) in [6.07, 6.45) is -12.2. The van der Waals surface area contributed by atoms with Gasteiger partial charge < -0.3 is 52.1 Å². The highest BCUT2D eigenvalue weighted by molar-refractivity contribution is 5.89. The summed E-state index contributed by atoms with van der Waals surface area (Å²) in [5.41, 5.74) is 4.74. The van der Waals surface area contributed by atoms with Crippen molar-refractivity contribution in [1.29, 1.82) is 0 Å². The predicted molar refractivity (Wildman–Crippen MR) is 246 cm³/mol. The van der Waals surface area contributed by atoms with Crippen molar-refractivity contribution in [1.82, 2.24) is 0 Å². The quantitative estimate of drug-likeness (QED) is 0.0761. The molecule has 3 heterocycles. The Balaban J connectivity index is 1.10. The second-order valence-corrected chi connectivity index (χ2v) is 16.6. The number of carbonyl (C=O) groups excluding carboxylic acids is 2.